The predicted octanol–water partition coefficient (Wildman–Crippen LogP) is 3.70. The average molecular weight is 453 g/mol. The maximum absolute atomic E-state index is 12.5. The average Bonchev–Trinajstić information content (AvgIpc) is 3.35. The lowest BCUT2D eigenvalue weighted by Crippen LogP contribution is -2.25. The van der Waals surface area contributed by atoms with Crippen molar-refractivity contribution in [2.45, 2.75) is 25.4 Å². The van der Waals surface area contributed by atoms with Gasteiger partial charge in [0.15, 0.2) is 0 Å². The first-order valence-corrected chi connectivity index (χ1v) is 10.3. The van der Waals surface area contributed by atoms with Gasteiger partial charge < -0.3 is 10.6 Å². The molecule has 1 aliphatic carbocycles. The molecule has 1 aliphatic rings. The molecule has 2 amide bonds. The van der Waals surface area contributed by atoms with E-state index in [0.717, 1.165) is 16.5 Å². The van der Waals surface area contributed by atoms with Gasteiger partial charge in [-0.05, 0) is 53.8 Å². The number of carbonyl (C=O) groups is 2. The second kappa shape index (κ2) is 8.61. The summed E-state index contributed by atoms with van der Waals surface area (Å²) in [4.78, 5) is 24.6. The van der Waals surface area contributed by atoms with Crippen molar-refractivity contribution in [1.29, 1.82) is 0 Å². The Bertz CT molecular complexity index is 1000. The summed E-state index contributed by atoms with van der Waals surface area (Å²) in [5, 5.41) is 9.90. The quantitative estimate of drug-likeness (QED) is 0.573. The number of carbonyl (C=O) groups excluding carboxylic acids is 2. The molecule has 7 heteroatoms. The number of nitrogens with one attached hydrogen (secondary N) is 2. The molecule has 6 nitrogen and oxygen atoms in total. The van der Waals surface area contributed by atoms with E-state index in [0.29, 0.717) is 18.2 Å². The molecule has 1 heterocycles. The summed E-state index contributed by atoms with van der Waals surface area (Å²) in [5.74, 6) is 0.264. The third-order valence-corrected chi connectivity index (χ3v) is 5.50. The van der Waals surface area contributed by atoms with E-state index in [-0.39, 0.29) is 24.3 Å². The summed E-state index contributed by atoms with van der Waals surface area (Å²) < 4.78 is 2.61. The standard InChI is InChI=1S/C22H21BrN4O2/c23-17-7-5-16(6-8-17)19-12-20(19)22(29)24-13-15-3-1-4-18(11-15)26-21(28)14-27-10-2-9-25-27/h1-11,19-20H,12-14H2,(H,24,29)(H,26,28). The Kier molecular flexibility index (Phi) is 5.76. The van der Waals surface area contributed by atoms with Gasteiger partial charge in [0, 0.05) is 35.0 Å². The lowest BCUT2D eigenvalue weighted by Gasteiger charge is -2.09. The Labute approximate surface area is 177 Å². The van der Waals surface area contributed by atoms with Gasteiger partial charge in [0.2, 0.25) is 11.8 Å². The van der Waals surface area contributed by atoms with Crippen LogP contribution in [0.1, 0.15) is 23.5 Å². The Morgan fingerprint density at radius 1 is 1.14 bits per heavy atom. The number of hydrogen-bond acceptors (Lipinski definition) is 3. The molecule has 2 unspecified atom stereocenters. The van der Waals surface area contributed by atoms with E-state index < -0.39 is 0 Å². The zero-order valence-corrected chi connectivity index (χ0v) is 17.3. The number of rotatable bonds is 7. The molecule has 0 aliphatic heterocycles. The molecule has 2 aromatic carbocycles. The largest absolute Gasteiger partial charge is 0.352 e. The summed E-state index contributed by atoms with van der Waals surface area (Å²) in [5.41, 5.74) is 2.85. The highest BCUT2D eigenvalue weighted by Crippen LogP contribution is 2.47. The highest BCUT2D eigenvalue weighted by molar-refractivity contribution is 9.10. The lowest BCUT2D eigenvalue weighted by molar-refractivity contribution is -0.122. The molecule has 2 atom stereocenters. The zero-order valence-electron chi connectivity index (χ0n) is 15.7. The van der Waals surface area contributed by atoms with Crippen LogP contribution in [-0.4, -0.2) is 21.6 Å². The smallest absolute Gasteiger partial charge is 0.246 e. The first kappa shape index (κ1) is 19.4. The van der Waals surface area contributed by atoms with Crippen molar-refractivity contribution < 1.29 is 9.59 Å². The van der Waals surface area contributed by atoms with Gasteiger partial charge in [-0.25, -0.2) is 0 Å². The summed E-state index contributed by atoms with van der Waals surface area (Å²) in [6.45, 7) is 0.596. The molecular formula is C22H21BrN4O2. The molecule has 0 saturated heterocycles. The number of amides is 2. The van der Waals surface area contributed by atoms with Crippen molar-refractivity contribution in [3.05, 3.63) is 82.6 Å². The van der Waals surface area contributed by atoms with Crippen LogP contribution in [-0.2, 0) is 22.7 Å². The van der Waals surface area contributed by atoms with E-state index in [1.54, 1.807) is 23.1 Å². The van der Waals surface area contributed by atoms with E-state index in [1.165, 1.54) is 5.56 Å². The Morgan fingerprint density at radius 3 is 2.72 bits per heavy atom. The Morgan fingerprint density at radius 2 is 1.97 bits per heavy atom. The van der Waals surface area contributed by atoms with Crippen molar-refractivity contribution >= 4 is 33.4 Å². The van der Waals surface area contributed by atoms with Gasteiger partial charge in [-0.1, -0.05) is 40.2 Å². The monoisotopic (exact) mass is 452 g/mol. The molecule has 2 N–H and O–H groups in total. The first-order chi connectivity index (χ1) is 14.1. The van der Waals surface area contributed by atoms with Crippen LogP contribution in [0.3, 0.4) is 0 Å². The third kappa shape index (κ3) is 5.12. The molecule has 0 spiro atoms. The second-order valence-electron chi connectivity index (χ2n) is 7.17. The van der Waals surface area contributed by atoms with Gasteiger partial charge in [-0.3, -0.25) is 14.3 Å². The zero-order chi connectivity index (χ0) is 20.2. The van der Waals surface area contributed by atoms with Gasteiger partial charge >= 0.3 is 0 Å². The molecule has 148 valence electrons. The van der Waals surface area contributed by atoms with Crippen LogP contribution < -0.4 is 10.6 Å². The highest BCUT2D eigenvalue weighted by atomic mass is 79.9. The van der Waals surface area contributed by atoms with Crippen molar-refractivity contribution in [2.24, 2.45) is 5.92 Å². The molecule has 1 saturated carbocycles. The van der Waals surface area contributed by atoms with Gasteiger partial charge in [0.25, 0.3) is 0 Å². The van der Waals surface area contributed by atoms with Crippen LogP contribution in [0.4, 0.5) is 5.69 Å². The van der Waals surface area contributed by atoms with E-state index in [9.17, 15) is 9.59 Å². The van der Waals surface area contributed by atoms with Gasteiger partial charge in [-0.15, -0.1) is 0 Å². The fourth-order valence-corrected chi connectivity index (χ4v) is 3.65. The summed E-state index contributed by atoms with van der Waals surface area (Å²) in [6.07, 6.45) is 4.26. The van der Waals surface area contributed by atoms with Crippen LogP contribution >= 0.6 is 15.9 Å². The number of benzene rings is 2. The van der Waals surface area contributed by atoms with E-state index >= 15 is 0 Å². The highest BCUT2D eigenvalue weighted by Gasteiger charge is 2.43. The number of halogens is 1. The normalized spacial score (nSPS) is 17.6. The molecule has 0 radical (unpaired) electrons. The molecule has 1 aromatic heterocycles. The third-order valence-electron chi connectivity index (χ3n) is 4.97. The van der Waals surface area contributed by atoms with Crippen LogP contribution in [0, 0.1) is 5.92 Å². The minimum Gasteiger partial charge on any atom is -0.352 e. The van der Waals surface area contributed by atoms with Gasteiger partial charge in [-0.2, -0.15) is 5.10 Å². The Balaban J connectivity index is 1.28. The Hall–Kier alpha value is -2.93. The van der Waals surface area contributed by atoms with Gasteiger partial charge in [0.1, 0.15) is 6.54 Å². The fraction of sp³-hybridized carbons (Fsp3) is 0.227. The fourth-order valence-electron chi connectivity index (χ4n) is 3.38. The topological polar surface area (TPSA) is 76.0 Å². The van der Waals surface area contributed by atoms with Crippen molar-refractivity contribution in [1.82, 2.24) is 15.1 Å². The number of hydrogen-bond donors (Lipinski definition) is 2. The van der Waals surface area contributed by atoms with Crippen LogP contribution in [0.15, 0.2) is 71.5 Å². The SMILES string of the molecule is O=C(Cn1cccn1)Nc1cccc(CNC(=O)C2CC2c2ccc(Br)cc2)c1. The molecule has 0 bridgehead atoms. The van der Waals surface area contributed by atoms with Crippen LogP contribution in [0.2, 0.25) is 0 Å². The molecule has 4 rings (SSSR count). The van der Waals surface area contributed by atoms with Crippen molar-refractivity contribution in [3.63, 3.8) is 0 Å². The number of nitrogens with zero attached hydrogens (tertiary/aromatic N) is 2. The minimum absolute atomic E-state index is 0.0353. The van der Waals surface area contributed by atoms with E-state index in [1.807, 2.05) is 36.4 Å². The lowest BCUT2D eigenvalue weighted by atomic mass is 10.1. The van der Waals surface area contributed by atoms with Gasteiger partial charge in [0.05, 0.1) is 0 Å². The summed E-state index contributed by atoms with van der Waals surface area (Å²) in [6, 6.07) is 17.4. The molecule has 1 fully saturated rings. The van der Waals surface area contributed by atoms with Crippen LogP contribution in [0.5, 0.6) is 0 Å². The number of aromatic nitrogens is 2. The maximum Gasteiger partial charge on any atom is 0.246 e. The molecule has 3 aromatic rings. The number of anilines is 1. The van der Waals surface area contributed by atoms with E-state index in [4.69, 9.17) is 0 Å². The van der Waals surface area contributed by atoms with Crippen LogP contribution in [0.25, 0.3) is 0 Å². The van der Waals surface area contributed by atoms with E-state index in [2.05, 4.69) is 43.8 Å². The summed E-state index contributed by atoms with van der Waals surface area (Å²) >= 11 is 3.44. The second-order valence-corrected chi connectivity index (χ2v) is 8.09. The van der Waals surface area contributed by atoms with Crippen molar-refractivity contribution in [3.8, 4) is 0 Å². The first-order valence-electron chi connectivity index (χ1n) is 9.48. The predicted molar refractivity (Wildman–Crippen MR) is 114 cm³/mol. The summed E-state index contributed by atoms with van der Waals surface area (Å²) in [7, 11) is 0. The minimum atomic E-state index is -0.148. The molecule has 29 heavy (non-hydrogen) atoms. The molecular weight excluding hydrogens is 432 g/mol. The maximum atomic E-state index is 12.5. The van der Waals surface area contributed by atoms with Crippen molar-refractivity contribution in [2.75, 3.05) is 5.32 Å².